The largest absolute Gasteiger partial charge is 0.319 e. The maximum atomic E-state index is 13.3. The lowest BCUT2D eigenvalue weighted by molar-refractivity contribution is 0.451. The number of sulfonamides is 1. The summed E-state index contributed by atoms with van der Waals surface area (Å²) in [6, 6.07) is 4.98. The maximum absolute atomic E-state index is 13.3. The number of nitrogens with zero attached hydrogens (tertiary/aromatic N) is 2. The summed E-state index contributed by atoms with van der Waals surface area (Å²) in [5, 5.41) is 11.8. The van der Waals surface area contributed by atoms with Crippen LogP contribution < -0.4 is 5.32 Å². The quantitative estimate of drug-likeness (QED) is 0.902. The van der Waals surface area contributed by atoms with Gasteiger partial charge in [-0.25, -0.2) is 12.8 Å². The van der Waals surface area contributed by atoms with E-state index in [1.54, 1.807) is 6.07 Å². The highest BCUT2D eigenvalue weighted by Crippen LogP contribution is 2.25. The van der Waals surface area contributed by atoms with Crippen molar-refractivity contribution in [3.8, 4) is 6.07 Å². The molecular formula is C13H17ClFN3O2S. The predicted octanol–water partition coefficient (Wildman–Crippen LogP) is 1.35. The molecule has 116 valence electrons. The van der Waals surface area contributed by atoms with E-state index in [2.05, 4.69) is 5.32 Å². The van der Waals surface area contributed by atoms with Gasteiger partial charge in [0.05, 0.1) is 10.5 Å². The molecule has 1 aromatic rings. The summed E-state index contributed by atoms with van der Waals surface area (Å²) in [5.41, 5.74) is -0.253. The second-order valence-electron chi connectivity index (χ2n) is 4.83. The molecule has 1 heterocycles. The van der Waals surface area contributed by atoms with Gasteiger partial charge in [-0.1, -0.05) is 0 Å². The van der Waals surface area contributed by atoms with Gasteiger partial charge in [-0.2, -0.15) is 9.57 Å². The van der Waals surface area contributed by atoms with Gasteiger partial charge in [0.2, 0.25) is 10.0 Å². The van der Waals surface area contributed by atoms with Gasteiger partial charge in [0.15, 0.2) is 0 Å². The third-order valence-corrected chi connectivity index (χ3v) is 5.30. The standard InChI is InChI=1S/C13H16FN3O2S.ClH/c1-16-8-10-4-5-17(9-10)20(18,19)12-2-3-13(14)11(6-12)7-15;/h2-3,6,10,16H,4-5,8-9H2,1H3;1H. The van der Waals surface area contributed by atoms with E-state index in [0.717, 1.165) is 25.1 Å². The minimum Gasteiger partial charge on any atom is -0.319 e. The first-order valence-corrected chi connectivity index (χ1v) is 7.77. The van der Waals surface area contributed by atoms with Crippen LogP contribution in [0.25, 0.3) is 0 Å². The SMILES string of the molecule is CNCC1CCN(S(=O)(=O)c2ccc(F)c(C#N)c2)C1.Cl. The molecular weight excluding hydrogens is 317 g/mol. The smallest absolute Gasteiger partial charge is 0.243 e. The zero-order chi connectivity index (χ0) is 14.8. The van der Waals surface area contributed by atoms with Crippen LogP contribution in [0.1, 0.15) is 12.0 Å². The average Bonchev–Trinajstić information content (AvgIpc) is 2.89. The number of nitriles is 1. The maximum Gasteiger partial charge on any atom is 0.243 e. The molecule has 1 aromatic carbocycles. The molecule has 1 saturated heterocycles. The molecule has 1 unspecified atom stereocenters. The third kappa shape index (κ3) is 3.71. The van der Waals surface area contributed by atoms with E-state index >= 15 is 0 Å². The van der Waals surface area contributed by atoms with Crippen molar-refractivity contribution in [3.05, 3.63) is 29.6 Å². The Balaban J connectivity index is 0.00000220. The van der Waals surface area contributed by atoms with Gasteiger partial charge in [-0.15, -0.1) is 12.4 Å². The molecule has 0 aromatic heterocycles. The minimum atomic E-state index is -3.65. The first-order chi connectivity index (χ1) is 9.48. The number of rotatable bonds is 4. The van der Waals surface area contributed by atoms with Gasteiger partial charge in [0.25, 0.3) is 0 Å². The third-order valence-electron chi connectivity index (χ3n) is 3.44. The van der Waals surface area contributed by atoms with Crippen LogP contribution in [-0.4, -0.2) is 39.4 Å². The summed E-state index contributed by atoms with van der Waals surface area (Å²) < 4.78 is 39.5. The van der Waals surface area contributed by atoms with Crippen molar-refractivity contribution < 1.29 is 12.8 Å². The van der Waals surface area contributed by atoms with Crippen molar-refractivity contribution in [2.75, 3.05) is 26.7 Å². The summed E-state index contributed by atoms with van der Waals surface area (Å²) >= 11 is 0. The molecule has 1 aliphatic rings. The van der Waals surface area contributed by atoms with Crippen LogP contribution in [0.5, 0.6) is 0 Å². The Morgan fingerprint density at radius 1 is 1.52 bits per heavy atom. The lowest BCUT2D eigenvalue weighted by atomic mass is 10.1. The fourth-order valence-corrected chi connectivity index (χ4v) is 3.93. The van der Waals surface area contributed by atoms with E-state index in [1.807, 2.05) is 7.05 Å². The number of nitrogens with one attached hydrogen (secondary N) is 1. The van der Waals surface area contributed by atoms with Crippen LogP contribution in [-0.2, 0) is 10.0 Å². The normalized spacial score (nSPS) is 19.0. The molecule has 0 radical (unpaired) electrons. The summed E-state index contributed by atoms with van der Waals surface area (Å²) in [6.07, 6.45) is 0.798. The summed E-state index contributed by atoms with van der Waals surface area (Å²) in [7, 11) is -1.82. The summed E-state index contributed by atoms with van der Waals surface area (Å²) in [4.78, 5) is -0.0273. The molecule has 0 aliphatic carbocycles. The van der Waals surface area contributed by atoms with Crippen molar-refractivity contribution >= 4 is 22.4 Å². The van der Waals surface area contributed by atoms with Crippen LogP contribution >= 0.6 is 12.4 Å². The van der Waals surface area contributed by atoms with E-state index in [0.29, 0.717) is 13.1 Å². The van der Waals surface area contributed by atoms with E-state index < -0.39 is 15.8 Å². The fourth-order valence-electron chi connectivity index (χ4n) is 2.37. The summed E-state index contributed by atoms with van der Waals surface area (Å²) in [5.74, 6) is -0.424. The van der Waals surface area contributed by atoms with Gasteiger partial charge in [-0.3, -0.25) is 0 Å². The monoisotopic (exact) mass is 333 g/mol. The number of hydrogen-bond donors (Lipinski definition) is 1. The molecule has 0 amide bonds. The van der Waals surface area contributed by atoms with E-state index in [4.69, 9.17) is 5.26 Å². The Bertz CT molecular complexity index is 645. The van der Waals surface area contributed by atoms with E-state index in [9.17, 15) is 12.8 Å². The van der Waals surface area contributed by atoms with Gasteiger partial charge in [-0.05, 0) is 44.1 Å². The Hall–Kier alpha value is -1.20. The van der Waals surface area contributed by atoms with Crippen LogP contribution in [0.2, 0.25) is 0 Å². The van der Waals surface area contributed by atoms with Crippen molar-refractivity contribution in [1.82, 2.24) is 9.62 Å². The molecule has 0 bridgehead atoms. The Morgan fingerprint density at radius 2 is 2.24 bits per heavy atom. The molecule has 1 fully saturated rings. The van der Waals surface area contributed by atoms with Crippen LogP contribution in [0.4, 0.5) is 4.39 Å². The second kappa shape index (κ2) is 7.18. The Labute approximate surface area is 130 Å². The fraction of sp³-hybridized carbons (Fsp3) is 0.462. The Kier molecular flexibility index (Phi) is 6.10. The molecule has 1 N–H and O–H groups in total. The lowest BCUT2D eigenvalue weighted by Crippen LogP contribution is -2.30. The first-order valence-electron chi connectivity index (χ1n) is 6.33. The van der Waals surface area contributed by atoms with Gasteiger partial charge < -0.3 is 5.32 Å². The highest BCUT2D eigenvalue weighted by Gasteiger charge is 2.32. The number of hydrogen-bond acceptors (Lipinski definition) is 4. The lowest BCUT2D eigenvalue weighted by Gasteiger charge is -2.16. The second-order valence-corrected chi connectivity index (χ2v) is 6.77. The first kappa shape index (κ1) is 17.9. The van der Waals surface area contributed by atoms with Crippen LogP contribution in [0, 0.1) is 23.1 Å². The van der Waals surface area contributed by atoms with Crippen molar-refractivity contribution in [3.63, 3.8) is 0 Å². The van der Waals surface area contributed by atoms with E-state index in [-0.39, 0.29) is 28.8 Å². The predicted molar refractivity (Wildman–Crippen MR) is 79.2 cm³/mol. The summed E-state index contributed by atoms with van der Waals surface area (Å²) in [6.45, 7) is 1.66. The van der Waals surface area contributed by atoms with Crippen LogP contribution in [0.3, 0.4) is 0 Å². The van der Waals surface area contributed by atoms with Gasteiger partial charge >= 0.3 is 0 Å². The van der Waals surface area contributed by atoms with E-state index in [1.165, 1.54) is 10.4 Å². The molecule has 8 heteroatoms. The van der Waals surface area contributed by atoms with Crippen LogP contribution in [0.15, 0.2) is 23.1 Å². The minimum absolute atomic E-state index is 0. The number of benzene rings is 1. The van der Waals surface area contributed by atoms with Crippen molar-refractivity contribution in [2.24, 2.45) is 5.92 Å². The Morgan fingerprint density at radius 3 is 2.86 bits per heavy atom. The van der Waals surface area contributed by atoms with Gasteiger partial charge in [0, 0.05) is 13.1 Å². The highest BCUT2D eigenvalue weighted by atomic mass is 35.5. The zero-order valence-corrected chi connectivity index (χ0v) is 13.2. The molecule has 1 aliphatic heterocycles. The molecule has 2 rings (SSSR count). The molecule has 0 saturated carbocycles. The highest BCUT2D eigenvalue weighted by molar-refractivity contribution is 7.89. The van der Waals surface area contributed by atoms with Gasteiger partial charge in [0.1, 0.15) is 11.9 Å². The average molecular weight is 334 g/mol. The van der Waals surface area contributed by atoms with Crippen molar-refractivity contribution in [2.45, 2.75) is 11.3 Å². The molecule has 5 nitrogen and oxygen atoms in total. The molecule has 0 spiro atoms. The van der Waals surface area contributed by atoms with Crippen molar-refractivity contribution in [1.29, 1.82) is 5.26 Å². The molecule has 1 atom stereocenters. The molecule has 21 heavy (non-hydrogen) atoms. The number of halogens is 2. The zero-order valence-electron chi connectivity index (χ0n) is 11.5. The topological polar surface area (TPSA) is 73.2 Å².